The van der Waals surface area contributed by atoms with E-state index in [9.17, 15) is 19.2 Å². The van der Waals surface area contributed by atoms with Gasteiger partial charge in [-0.2, -0.15) is 0 Å². The molecule has 0 fully saturated rings. The van der Waals surface area contributed by atoms with Crippen molar-refractivity contribution in [3.8, 4) is 0 Å². The molecule has 0 bridgehead atoms. The van der Waals surface area contributed by atoms with E-state index in [4.69, 9.17) is 4.74 Å². The first kappa shape index (κ1) is 19.3. The lowest BCUT2D eigenvalue weighted by Gasteiger charge is -2.12. The molecule has 1 aromatic rings. The van der Waals surface area contributed by atoms with E-state index < -0.39 is 24.0 Å². The number of urea groups is 1. The van der Waals surface area contributed by atoms with Crippen molar-refractivity contribution in [3.63, 3.8) is 0 Å². The van der Waals surface area contributed by atoms with Crippen molar-refractivity contribution in [1.29, 1.82) is 0 Å². The smallest absolute Gasteiger partial charge is 0.321 e. The number of esters is 1. The highest BCUT2D eigenvalue weighted by Crippen LogP contribution is 2.08. The third-order valence-electron chi connectivity index (χ3n) is 3.18. The summed E-state index contributed by atoms with van der Waals surface area (Å²) in [6, 6.07) is 6.38. The molecular weight excluding hydrogens is 312 g/mol. The van der Waals surface area contributed by atoms with Crippen molar-refractivity contribution >= 4 is 23.7 Å². The Labute approximate surface area is 140 Å². The number of nitrogens with one attached hydrogen (secondary N) is 2. The van der Waals surface area contributed by atoms with Crippen molar-refractivity contribution in [2.45, 2.75) is 39.7 Å². The molecule has 0 aromatic heterocycles. The minimum Gasteiger partial charge on any atom is -0.453 e. The molecular formula is C17H22N2O5. The number of carbonyl (C=O) groups excluding carboxylic acids is 4. The Morgan fingerprint density at radius 3 is 2.29 bits per heavy atom. The second kappa shape index (κ2) is 9.44. The SMILES string of the molecule is CCNC(=O)NC(=O)C(C)OC(=O)CCC(=O)c1ccc(C)cc1. The maximum Gasteiger partial charge on any atom is 0.321 e. The molecule has 1 rings (SSSR count). The molecule has 24 heavy (non-hydrogen) atoms. The van der Waals surface area contributed by atoms with Crippen LogP contribution in [-0.2, 0) is 14.3 Å². The number of imide groups is 1. The van der Waals surface area contributed by atoms with Crippen LogP contribution in [0.25, 0.3) is 0 Å². The fraction of sp³-hybridized carbons (Fsp3) is 0.412. The van der Waals surface area contributed by atoms with Crippen molar-refractivity contribution in [2.24, 2.45) is 0 Å². The number of benzene rings is 1. The Hall–Kier alpha value is -2.70. The maximum atomic E-state index is 12.0. The molecule has 0 aliphatic rings. The molecule has 0 saturated carbocycles. The Balaban J connectivity index is 2.39. The molecule has 130 valence electrons. The largest absolute Gasteiger partial charge is 0.453 e. The lowest BCUT2D eigenvalue weighted by Crippen LogP contribution is -2.44. The predicted octanol–water partition coefficient (Wildman–Crippen LogP) is 1.74. The molecule has 0 spiro atoms. The van der Waals surface area contributed by atoms with Gasteiger partial charge in [0.25, 0.3) is 5.91 Å². The zero-order chi connectivity index (χ0) is 18.1. The molecule has 7 nitrogen and oxygen atoms in total. The lowest BCUT2D eigenvalue weighted by molar-refractivity contribution is -0.154. The minimum atomic E-state index is -1.12. The number of Topliss-reactive ketones (excluding diaryl/α,β-unsaturated/α-hetero) is 1. The fourth-order valence-electron chi connectivity index (χ4n) is 1.83. The maximum absolute atomic E-state index is 12.0. The summed E-state index contributed by atoms with van der Waals surface area (Å²) in [7, 11) is 0. The second-order valence-corrected chi connectivity index (χ2v) is 5.27. The summed E-state index contributed by atoms with van der Waals surface area (Å²) in [5.41, 5.74) is 1.56. The quantitative estimate of drug-likeness (QED) is 0.584. The highest BCUT2D eigenvalue weighted by Gasteiger charge is 2.20. The molecule has 2 N–H and O–H groups in total. The number of ketones is 1. The Kier molecular flexibility index (Phi) is 7.61. The summed E-state index contributed by atoms with van der Waals surface area (Å²) >= 11 is 0. The van der Waals surface area contributed by atoms with E-state index >= 15 is 0 Å². The zero-order valence-corrected chi connectivity index (χ0v) is 14.0. The number of hydrogen-bond donors (Lipinski definition) is 2. The van der Waals surface area contributed by atoms with Gasteiger partial charge in [-0.15, -0.1) is 0 Å². The van der Waals surface area contributed by atoms with Crippen LogP contribution >= 0.6 is 0 Å². The molecule has 0 saturated heterocycles. The number of amides is 3. The van der Waals surface area contributed by atoms with Crippen LogP contribution in [0.4, 0.5) is 4.79 Å². The third kappa shape index (κ3) is 6.60. The average Bonchev–Trinajstić information content (AvgIpc) is 2.53. The van der Waals surface area contributed by atoms with Gasteiger partial charge >= 0.3 is 12.0 Å². The molecule has 1 unspecified atom stereocenters. The number of carbonyl (C=O) groups is 4. The summed E-state index contributed by atoms with van der Waals surface area (Å²) in [6.45, 7) is 5.35. The van der Waals surface area contributed by atoms with Crippen LogP contribution in [0.3, 0.4) is 0 Å². The number of rotatable bonds is 7. The van der Waals surface area contributed by atoms with Gasteiger partial charge in [-0.3, -0.25) is 19.7 Å². The topological polar surface area (TPSA) is 102 Å². The highest BCUT2D eigenvalue weighted by atomic mass is 16.5. The summed E-state index contributed by atoms with van der Waals surface area (Å²) in [5.74, 6) is -1.57. The number of aryl methyl sites for hydroxylation is 1. The summed E-state index contributed by atoms with van der Waals surface area (Å²) in [5, 5.41) is 4.44. The minimum absolute atomic E-state index is 0.00739. The van der Waals surface area contributed by atoms with Crippen molar-refractivity contribution < 1.29 is 23.9 Å². The molecule has 0 heterocycles. The number of ether oxygens (including phenoxy) is 1. The van der Waals surface area contributed by atoms with Crippen molar-refractivity contribution in [1.82, 2.24) is 10.6 Å². The Morgan fingerprint density at radius 1 is 1.08 bits per heavy atom. The van der Waals surface area contributed by atoms with Crippen LogP contribution < -0.4 is 10.6 Å². The van der Waals surface area contributed by atoms with E-state index in [2.05, 4.69) is 5.32 Å². The summed E-state index contributed by atoms with van der Waals surface area (Å²) in [6.07, 6.45) is -1.26. The first-order valence-corrected chi connectivity index (χ1v) is 7.71. The lowest BCUT2D eigenvalue weighted by atomic mass is 10.1. The zero-order valence-electron chi connectivity index (χ0n) is 14.0. The molecule has 7 heteroatoms. The molecule has 0 aliphatic heterocycles. The monoisotopic (exact) mass is 334 g/mol. The summed E-state index contributed by atoms with van der Waals surface area (Å²) in [4.78, 5) is 46.5. The van der Waals surface area contributed by atoms with Gasteiger partial charge in [0.15, 0.2) is 11.9 Å². The highest BCUT2D eigenvalue weighted by molar-refractivity contribution is 5.98. The van der Waals surface area contributed by atoms with E-state index in [1.807, 2.05) is 24.4 Å². The standard InChI is InChI=1S/C17H22N2O5/c1-4-18-17(23)19-16(22)12(3)24-15(21)10-9-14(20)13-7-5-11(2)6-8-13/h5-8,12H,4,9-10H2,1-3H3,(H2,18,19,22,23). The van der Waals surface area contributed by atoms with Crippen LogP contribution in [0.1, 0.15) is 42.6 Å². The second-order valence-electron chi connectivity index (χ2n) is 5.27. The van der Waals surface area contributed by atoms with E-state index in [1.165, 1.54) is 6.92 Å². The molecule has 1 atom stereocenters. The summed E-state index contributed by atoms with van der Waals surface area (Å²) < 4.78 is 4.91. The predicted molar refractivity (Wildman–Crippen MR) is 87.5 cm³/mol. The first-order chi connectivity index (χ1) is 11.3. The van der Waals surface area contributed by atoms with Crippen LogP contribution in [-0.4, -0.2) is 36.3 Å². The first-order valence-electron chi connectivity index (χ1n) is 7.71. The fourth-order valence-corrected chi connectivity index (χ4v) is 1.83. The van der Waals surface area contributed by atoms with Gasteiger partial charge in [0.1, 0.15) is 0 Å². The van der Waals surface area contributed by atoms with Crippen LogP contribution in [0.15, 0.2) is 24.3 Å². The van der Waals surface area contributed by atoms with Gasteiger partial charge in [0, 0.05) is 18.5 Å². The number of hydrogen-bond acceptors (Lipinski definition) is 5. The van der Waals surface area contributed by atoms with Gasteiger partial charge in [0.05, 0.1) is 6.42 Å². The van der Waals surface area contributed by atoms with Gasteiger partial charge in [-0.25, -0.2) is 4.79 Å². The van der Waals surface area contributed by atoms with Crippen LogP contribution in [0.2, 0.25) is 0 Å². The normalized spacial score (nSPS) is 11.3. The van der Waals surface area contributed by atoms with E-state index in [0.717, 1.165) is 5.56 Å². The molecule has 3 amide bonds. The van der Waals surface area contributed by atoms with E-state index in [-0.39, 0.29) is 18.6 Å². The van der Waals surface area contributed by atoms with E-state index in [0.29, 0.717) is 12.1 Å². The van der Waals surface area contributed by atoms with Gasteiger partial charge in [0.2, 0.25) is 0 Å². The molecule has 0 aliphatic carbocycles. The molecule has 0 radical (unpaired) electrons. The van der Waals surface area contributed by atoms with Gasteiger partial charge < -0.3 is 10.1 Å². The van der Waals surface area contributed by atoms with Crippen molar-refractivity contribution in [2.75, 3.05) is 6.54 Å². The van der Waals surface area contributed by atoms with Crippen LogP contribution in [0, 0.1) is 6.92 Å². The Morgan fingerprint density at radius 2 is 1.71 bits per heavy atom. The Bertz CT molecular complexity index is 610. The van der Waals surface area contributed by atoms with Crippen molar-refractivity contribution in [3.05, 3.63) is 35.4 Å². The molecule has 1 aromatic carbocycles. The third-order valence-corrected chi connectivity index (χ3v) is 3.18. The van der Waals surface area contributed by atoms with Gasteiger partial charge in [-0.1, -0.05) is 29.8 Å². The van der Waals surface area contributed by atoms with Gasteiger partial charge in [-0.05, 0) is 20.8 Å². The van der Waals surface area contributed by atoms with E-state index in [1.54, 1.807) is 19.1 Å². The van der Waals surface area contributed by atoms with Crippen LogP contribution in [0.5, 0.6) is 0 Å². The average molecular weight is 334 g/mol.